The molecule has 1 aromatic rings. The van der Waals surface area contributed by atoms with Gasteiger partial charge in [-0.15, -0.1) is 11.6 Å². The fourth-order valence-electron chi connectivity index (χ4n) is 1.64. The van der Waals surface area contributed by atoms with E-state index in [1.807, 2.05) is 0 Å². The first-order valence-corrected chi connectivity index (χ1v) is 7.52. The SMILES string of the molecule is CC(C)(C)ON[C@H](C(=O)O)C(=C=O)c1ccc(OCCCl)cc1. The lowest BCUT2D eigenvalue weighted by molar-refractivity contribution is -0.146. The number of hydrogen-bond acceptors (Lipinski definition) is 5. The number of aliphatic carboxylic acids is 1. The smallest absolute Gasteiger partial charge is 0.328 e. The Kier molecular flexibility index (Phi) is 7.26. The van der Waals surface area contributed by atoms with Crippen LogP contribution in [0.1, 0.15) is 26.3 Å². The lowest BCUT2D eigenvalue weighted by Crippen LogP contribution is -2.42. The zero-order chi connectivity index (χ0) is 17.5. The maximum absolute atomic E-state index is 11.4. The molecule has 126 valence electrons. The van der Waals surface area contributed by atoms with Crippen molar-refractivity contribution in [3.8, 4) is 5.75 Å². The van der Waals surface area contributed by atoms with Crippen LogP contribution in [-0.2, 0) is 14.4 Å². The largest absolute Gasteiger partial charge is 0.492 e. The Morgan fingerprint density at radius 1 is 1.35 bits per heavy atom. The number of carbonyl (C=O) groups excluding carboxylic acids is 1. The van der Waals surface area contributed by atoms with E-state index in [0.29, 0.717) is 23.8 Å². The zero-order valence-corrected chi connectivity index (χ0v) is 14.0. The summed E-state index contributed by atoms with van der Waals surface area (Å²) in [6, 6.07) is 5.09. The summed E-state index contributed by atoms with van der Waals surface area (Å²) in [5.41, 5.74) is 2.15. The van der Waals surface area contributed by atoms with Crippen LogP contribution >= 0.6 is 11.6 Å². The van der Waals surface area contributed by atoms with E-state index < -0.39 is 17.6 Å². The molecule has 0 spiro atoms. The van der Waals surface area contributed by atoms with Gasteiger partial charge in [0.05, 0.1) is 17.1 Å². The van der Waals surface area contributed by atoms with Gasteiger partial charge in [0.15, 0.2) is 6.04 Å². The molecule has 0 fully saturated rings. The molecule has 0 aromatic heterocycles. The standard InChI is InChI=1S/C16H20ClNO5/c1-16(2,3)23-18-14(15(20)21)13(10-19)11-4-6-12(7-5-11)22-9-8-17/h4-7,14,18H,8-9H2,1-3H3,(H,20,21)/t14-/m0/s1. The van der Waals surface area contributed by atoms with Gasteiger partial charge in [0, 0.05) is 0 Å². The van der Waals surface area contributed by atoms with Crippen molar-refractivity contribution in [2.45, 2.75) is 32.4 Å². The molecule has 0 amide bonds. The number of hydrogen-bond donors (Lipinski definition) is 2. The molecule has 2 N–H and O–H groups in total. The Morgan fingerprint density at radius 2 is 1.96 bits per heavy atom. The summed E-state index contributed by atoms with van der Waals surface area (Å²) < 4.78 is 5.33. The van der Waals surface area contributed by atoms with E-state index in [9.17, 15) is 14.7 Å². The highest BCUT2D eigenvalue weighted by Crippen LogP contribution is 2.21. The number of carboxylic acids is 1. The quantitative estimate of drug-likeness (QED) is 0.429. The molecular weight excluding hydrogens is 322 g/mol. The average molecular weight is 342 g/mol. The van der Waals surface area contributed by atoms with Crippen LogP contribution in [0.5, 0.6) is 5.75 Å². The van der Waals surface area contributed by atoms with E-state index in [1.54, 1.807) is 51.0 Å². The molecule has 1 atom stereocenters. The van der Waals surface area contributed by atoms with E-state index in [1.165, 1.54) is 0 Å². The maximum atomic E-state index is 11.4. The third kappa shape index (κ3) is 6.42. The number of ether oxygens (including phenoxy) is 1. The highest BCUT2D eigenvalue weighted by atomic mass is 35.5. The van der Waals surface area contributed by atoms with E-state index in [0.717, 1.165) is 0 Å². The van der Waals surface area contributed by atoms with Gasteiger partial charge in [-0.2, -0.15) is 5.48 Å². The number of carboxylic acid groups (broad SMARTS) is 1. The van der Waals surface area contributed by atoms with Gasteiger partial charge >= 0.3 is 5.97 Å². The number of carbonyl (C=O) groups is 1. The highest BCUT2D eigenvalue weighted by Gasteiger charge is 2.27. The Labute approximate surface area is 140 Å². The van der Waals surface area contributed by atoms with Crippen LogP contribution < -0.4 is 10.2 Å². The summed E-state index contributed by atoms with van der Waals surface area (Å²) in [6.07, 6.45) is 0. The molecule has 0 aliphatic rings. The zero-order valence-electron chi connectivity index (χ0n) is 13.3. The number of benzene rings is 1. The van der Waals surface area contributed by atoms with Crippen LogP contribution in [-0.4, -0.2) is 41.1 Å². The van der Waals surface area contributed by atoms with Crippen molar-refractivity contribution in [2.24, 2.45) is 0 Å². The van der Waals surface area contributed by atoms with Gasteiger partial charge in [0.25, 0.3) is 0 Å². The van der Waals surface area contributed by atoms with Gasteiger partial charge in [-0.1, -0.05) is 12.1 Å². The van der Waals surface area contributed by atoms with Crippen molar-refractivity contribution in [2.75, 3.05) is 12.5 Å². The molecule has 0 aliphatic heterocycles. The van der Waals surface area contributed by atoms with Crippen LogP contribution in [0.3, 0.4) is 0 Å². The van der Waals surface area contributed by atoms with Crippen LogP contribution in [0.15, 0.2) is 24.3 Å². The van der Waals surface area contributed by atoms with E-state index in [-0.39, 0.29) is 5.57 Å². The van der Waals surface area contributed by atoms with Gasteiger partial charge < -0.3 is 9.84 Å². The first-order chi connectivity index (χ1) is 10.8. The van der Waals surface area contributed by atoms with E-state index in [2.05, 4.69) is 5.48 Å². The van der Waals surface area contributed by atoms with Crippen molar-refractivity contribution >= 4 is 29.1 Å². The summed E-state index contributed by atoms with van der Waals surface area (Å²) in [4.78, 5) is 27.9. The normalized spacial score (nSPS) is 12.3. The van der Waals surface area contributed by atoms with Crippen molar-refractivity contribution in [1.82, 2.24) is 5.48 Å². The van der Waals surface area contributed by atoms with Gasteiger partial charge in [0.1, 0.15) is 18.3 Å². The van der Waals surface area contributed by atoms with E-state index in [4.69, 9.17) is 21.2 Å². The third-order valence-corrected chi connectivity index (χ3v) is 2.79. The summed E-state index contributed by atoms with van der Waals surface area (Å²) in [7, 11) is 0. The molecule has 1 aromatic carbocycles. The Balaban J connectivity index is 2.95. The minimum absolute atomic E-state index is 0.0642. The van der Waals surface area contributed by atoms with Gasteiger partial charge in [-0.25, -0.2) is 4.79 Å². The highest BCUT2D eigenvalue weighted by molar-refractivity contribution is 6.18. The minimum atomic E-state index is -1.33. The Hall–Kier alpha value is -1.85. The molecule has 0 heterocycles. The lowest BCUT2D eigenvalue weighted by atomic mass is 10.0. The summed E-state index contributed by atoms with van der Waals surface area (Å²) in [6.45, 7) is 5.63. The molecule has 1 rings (SSSR count). The first kappa shape index (κ1) is 19.2. The Morgan fingerprint density at radius 3 is 2.39 bits per heavy atom. The monoisotopic (exact) mass is 341 g/mol. The van der Waals surface area contributed by atoms with Crippen molar-refractivity contribution < 1.29 is 24.3 Å². The van der Waals surface area contributed by atoms with Crippen molar-refractivity contribution in [1.29, 1.82) is 0 Å². The fourth-order valence-corrected chi connectivity index (χ4v) is 1.72. The molecular formula is C16H20ClNO5. The van der Waals surface area contributed by atoms with Crippen molar-refractivity contribution in [3.05, 3.63) is 29.8 Å². The van der Waals surface area contributed by atoms with Crippen LogP contribution in [0, 0.1) is 0 Å². The second kappa shape index (κ2) is 8.70. The first-order valence-electron chi connectivity index (χ1n) is 6.99. The van der Waals surface area contributed by atoms with Crippen LogP contribution in [0.4, 0.5) is 0 Å². The Bertz CT molecular complexity index is 573. The summed E-state index contributed by atoms with van der Waals surface area (Å²) in [5, 5.41) is 9.32. The maximum Gasteiger partial charge on any atom is 0.328 e. The topological polar surface area (TPSA) is 84.9 Å². The predicted octanol–water partition coefficient (Wildman–Crippen LogP) is 2.29. The van der Waals surface area contributed by atoms with Crippen LogP contribution in [0.2, 0.25) is 0 Å². The third-order valence-electron chi connectivity index (χ3n) is 2.64. The summed E-state index contributed by atoms with van der Waals surface area (Å²) in [5.74, 6) is 1.37. The van der Waals surface area contributed by atoms with E-state index >= 15 is 0 Å². The second-order valence-corrected chi connectivity index (χ2v) is 6.06. The molecule has 0 saturated heterocycles. The number of hydroxylamine groups is 1. The molecule has 0 aliphatic carbocycles. The van der Waals surface area contributed by atoms with Gasteiger partial charge in [-0.05, 0) is 38.5 Å². The predicted molar refractivity (Wildman–Crippen MR) is 87.2 cm³/mol. The van der Waals surface area contributed by atoms with Gasteiger partial charge in [0.2, 0.25) is 0 Å². The fraction of sp³-hybridized carbons (Fsp3) is 0.438. The second-order valence-electron chi connectivity index (χ2n) is 5.68. The molecule has 0 unspecified atom stereocenters. The molecule has 6 nitrogen and oxygen atoms in total. The minimum Gasteiger partial charge on any atom is -0.492 e. The summed E-state index contributed by atoms with van der Waals surface area (Å²) >= 11 is 5.54. The van der Waals surface area contributed by atoms with Gasteiger partial charge in [-0.3, -0.25) is 9.63 Å². The molecule has 0 bridgehead atoms. The lowest BCUT2D eigenvalue weighted by Gasteiger charge is -2.23. The average Bonchev–Trinajstić information content (AvgIpc) is 2.48. The molecule has 0 radical (unpaired) electrons. The molecule has 7 heteroatoms. The number of rotatable bonds is 8. The number of halogens is 1. The van der Waals surface area contributed by atoms with Crippen LogP contribution in [0.25, 0.3) is 5.57 Å². The molecule has 0 saturated carbocycles. The number of nitrogens with one attached hydrogen (secondary N) is 1. The molecule has 23 heavy (non-hydrogen) atoms. The van der Waals surface area contributed by atoms with Crippen molar-refractivity contribution in [3.63, 3.8) is 0 Å². The number of alkyl halides is 1.